The van der Waals surface area contributed by atoms with Gasteiger partial charge in [-0.05, 0) is 69.2 Å². The van der Waals surface area contributed by atoms with E-state index in [1.54, 1.807) is 12.3 Å². The number of hydrogen-bond donors (Lipinski definition) is 0. The molecule has 2 aromatic heterocycles. The van der Waals surface area contributed by atoms with E-state index in [0.29, 0.717) is 10.9 Å². The van der Waals surface area contributed by atoms with Crippen molar-refractivity contribution < 1.29 is 13.2 Å². The average molecular weight is 451 g/mol. The first-order chi connectivity index (χ1) is 14.6. The van der Waals surface area contributed by atoms with Crippen LogP contribution in [0.15, 0.2) is 42.6 Å². The summed E-state index contributed by atoms with van der Waals surface area (Å²) in [7, 11) is 0. The Hall–Kier alpha value is -2.28. The van der Waals surface area contributed by atoms with Crippen LogP contribution < -0.4 is 4.90 Å². The summed E-state index contributed by atoms with van der Waals surface area (Å²) in [5.41, 5.74) is 2.50. The van der Waals surface area contributed by atoms with Crippen LogP contribution in [0, 0.1) is 5.92 Å². The molecule has 1 aliphatic heterocycles. The van der Waals surface area contributed by atoms with Crippen LogP contribution in [0.25, 0.3) is 5.65 Å². The first-order valence-electron chi connectivity index (χ1n) is 10.5. The molecule has 4 rings (SSSR count). The molecule has 0 aliphatic carbocycles. The fourth-order valence-corrected chi connectivity index (χ4v) is 5.02. The fraction of sp³-hybridized carbons (Fsp3) is 0.478. The number of para-hydroxylation sites is 1. The lowest BCUT2D eigenvalue weighted by atomic mass is 9.79. The van der Waals surface area contributed by atoms with Crippen LogP contribution in [0.2, 0.25) is 5.02 Å². The molecule has 8 heteroatoms. The maximum Gasteiger partial charge on any atom is 0.396 e. The van der Waals surface area contributed by atoms with Gasteiger partial charge in [0, 0.05) is 24.0 Å². The van der Waals surface area contributed by atoms with E-state index in [2.05, 4.69) is 53.2 Å². The van der Waals surface area contributed by atoms with E-state index in [-0.39, 0.29) is 17.0 Å². The molecule has 0 saturated carbocycles. The molecule has 31 heavy (non-hydrogen) atoms. The highest BCUT2D eigenvalue weighted by Crippen LogP contribution is 2.37. The highest BCUT2D eigenvalue weighted by Gasteiger charge is 2.35. The van der Waals surface area contributed by atoms with E-state index in [1.165, 1.54) is 10.1 Å². The third-order valence-electron chi connectivity index (χ3n) is 6.20. The minimum absolute atomic E-state index is 0.0531. The zero-order valence-corrected chi connectivity index (χ0v) is 18.4. The molecule has 0 N–H and O–H groups in total. The molecule has 166 valence electrons. The molecule has 1 atom stereocenters. The lowest BCUT2D eigenvalue weighted by molar-refractivity contribution is -0.128. The van der Waals surface area contributed by atoms with Gasteiger partial charge in [0.05, 0.1) is 5.02 Å². The van der Waals surface area contributed by atoms with Gasteiger partial charge < -0.3 is 4.90 Å². The van der Waals surface area contributed by atoms with Gasteiger partial charge >= 0.3 is 6.18 Å². The lowest BCUT2D eigenvalue weighted by Crippen LogP contribution is -2.50. The molecule has 0 amide bonds. The monoisotopic (exact) mass is 450 g/mol. The van der Waals surface area contributed by atoms with Crippen molar-refractivity contribution in [2.45, 2.75) is 57.7 Å². The number of piperidine rings is 1. The second-order valence-electron chi connectivity index (χ2n) is 8.95. The molecule has 3 heterocycles. The molecular weight excluding hydrogens is 425 g/mol. The minimum Gasteiger partial charge on any atom is -0.366 e. The third-order valence-corrected chi connectivity index (χ3v) is 6.61. The molecule has 1 fully saturated rings. The van der Waals surface area contributed by atoms with Crippen LogP contribution in [0.1, 0.15) is 44.5 Å². The van der Waals surface area contributed by atoms with Crippen molar-refractivity contribution in [3.8, 4) is 0 Å². The Kier molecular flexibility index (Phi) is 5.90. The van der Waals surface area contributed by atoms with Crippen molar-refractivity contribution in [1.82, 2.24) is 14.6 Å². The predicted octanol–water partition coefficient (Wildman–Crippen LogP) is 6.12. The van der Waals surface area contributed by atoms with Crippen LogP contribution in [0.4, 0.5) is 18.9 Å². The zero-order chi connectivity index (χ0) is 22.2. The smallest absolute Gasteiger partial charge is 0.366 e. The topological polar surface area (TPSA) is 33.4 Å². The van der Waals surface area contributed by atoms with Crippen LogP contribution in [-0.4, -0.2) is 32.9 Å². The Bertz CT molecular complexity index is 1050. The molecule has 1 aliphatic rings. The molecule has 3 aromatic rings. The summed E-state index contributed by atoms with van der Waals surface area (Å²) in [6.45, 7) is 5.56. The summed E-state index contributed by atoms with van der Waals surface area (Å²) in [4.78, 5) is 2.47. The van der Waals surface area contributed by atoms with Gasteiger partial charge in [-0.15, -0.1) is 10.2 Å². The Morgan fingerprint density at radius 3 is 2.55 bits per heavy atom. The van der Waals surface area contributed by atoms with Crippen LogP contribution in [-0.2, 0) is 12.8 Å². The van der Waals surface area contributed by atoms with Crippen molar-refractivity contribution in [3.63, 3.8) is 0 Å². The van der Waals surface area contributed by atoms with Crippen molar-refractivity contribution >= 4 is 22.9 Å². The zero-order valence-electron chi connectivity index (χ0n) is 17.7. The number of aromatic nitrogens is 3. The maximum atomic E-state index is 12.7. The first-order valence-corrected chi connectivity index (χ1v) is 10.9. The fourth-order valence-electron chi connectivity index (χ4n) is 4.73. The normalized spacial score (nSPS) is 19.2. The number of hydrogen-bond acceptors (Lipinski definition) is 3. The number of nitrogens with zero attached hydrogens (tertiary/aromatic N) is 4. The number of anilines is 1. The lowest BCUT2D eigenvalue weighted by Gasteiger charge is -2.47. The molecule has 1 saturated heterocycles. The van der Waals surface area contributed by atoms with Gasteiger partial charge in [-0.3, -0.25) is 4.40 Å². The summed E-state index contributed by atoms with van der Waals surface area (Å²) in [6.07, 6.45) is 0.0453. The number of rotatable bonds is 5. The van der Waals surface area contributed by atoms with Gasteiger partial charge in [-0.25, -0.2) is 0 Å². The number of halogens is 4. The highest BCUT2D eigenvalue weighted by atomic mass is 35.5. The number of benzene rings is 1. The maximum absolute atomic E-state index is 12.7. The van der Waals surface area contributed by atoms with E-state index in [4.69, 9.17) is 11.6 Å². The summed E-state index contributed by atoms with van der Waals surface area (Å²) in [5.74, 6) is 0.409. The molecular formula is C23H26ClF3N4. The molecule has 0 spiro atoms. The molecule has 0 bridgehead atoms. The quantitative estimate of drug-likeness (QED) is 0.470. The van der Waals surface area contributed by atoms with Crippen molar-refractivity contribution in [2.75, 3.05) is 11.4 Å². The molecule has 1 unspecified atom stereocenters. The SMILES string of the molecule is CC1(C)CC(CCc2ccn3c(CC(F)(F)F)nnc3c2Cl)CCN1c1ccccc1. The molecule has 0 radical (unpaired) electrons. The standard InChI is InChI=1S/C23H26ClF3N4/c1-22(2)14-16(10-13-31(22)18-6-4-3-5-7-18)8-9-17-11-12-30-19(15-23(25,26)27)28-29-21(30)20(17)24/h3-7,11-12,16H,8-10,13-15H2,1-2H3. The Morgan fingerprint density at radius 2 is 1.87 bits per heavy atom. The number of fused-ring (bicyclic) bond motifs is 1. The van der Waals surface area contributed by atoms with Crippen molar-refractivity contribution in [3.05, 3.63) is 59.0 Å². The first kappa shape index (κ1) is 21.9. The van der Waals surface area contributed by atoms with Crippen molar-refractivity contribution in [2.24, 2.45) is 5.92 Å². The van der Waals surface area contributed by atoms with Gasteiger partial charge in [-0.1, -0.05) is 29.8 Å². The van der Waals surface area contributed by atoms with E-state index < -0.39 is 12.6 Å². The summed E-state index contributed by atoms with van der Waals surface area (Å²) in [6, 6.07) is 12.3. The largest absolute Gasteiger partial charge is 0.396 e. The van der Waals surface area contributed by atoms with E-state index >= 15 is 0 Å². The van der Waals surface area contributed by atoms with Crippen LogP contribution >= 0.6 is 11.6 Å². The van der Waals surface area contributed by atoms with Gasteiger partial charge in [0.1, 0.15) is 12.2 Å². The Morgan fingerprint density at radius 1 is 1.13 bits per heavy atom. The Labute approximate surface area is 185 Å². The highest BCUT2D eigenvalue weighted by molar-refractivity contribution is 6.34. The predicted molar refractivity (Wildman–Crippen MR) is 117 cm³/mol. The average Bonchev–Trinajstić information content (AvgIpc) is 3.09. The molecule has 1 aromatic carbocycles. The van der Waals surface area contributed by atoms with Crippen molar-refractivity contribution in [1.29, 1.82) is 0 Å². The van der Waals surface area contributed by atoms with E-state index in [1.807, 2.05) is 6.07 Å². The van der Waals surface area contributed by atoms with Gasteiger partial charge in [0.25, 0.3) is 0 Å². The summed E-state index contributed by atoms with van der Waals surface area (Å²) in [5, 5.41) is 7.98. The van der Waals surface area contributed by atoms with Crippen LogP contribution in [0.5, 0.6) is 0 Å². The second-order valence-corrected chi connectivity index (χ2v) is 9.33. The van der Waals surface area contributed by atoms with E-state index in [9.17, 15) is 13.2 Å². The number of alkyl halides is 3. The number of pyridine rings is 1. The van der Waals surface area contributed by atoms with Crippen LogP contribution in [0.3, 0.4) is 0 Å². The van der Waals surface area contributed by atoms with Gasteiger partial charge in [0.15, 0.2) is 5.65 Å². The number of aryl methyl sites for hydroxylation is 1. The second kappa shape index (κ2) is 8.34. The summed E-state index contributed by atoms with van der Waals surface area (Å²) < 4.78 is 39.5. The van der Waals surface area contributed by atoms with E-state index in [0.717, 1.165) is 37.8 Å². The van der Waals surface area contributed by atoms with Gasteiger partial charge in [-0.2, -0.15) is 13.2 Å². The Balaban J connectivity index is 1.43. The third kappa shape index (κ3) is 4.81. The summed E-state index contributed by atoms with van der Waals surface area (Å²) >= 11 is 6.49. The van der Waals surface area contributed by atoms with Gasteiger partial charge in [0.2, 0.25) is 0 Å². The minimum atomic E-state index is -4.34. The molecule has 4 nitrogen and oxygen atoms in total.